The molecule has 1 rings (SSSR count). The largest absolute Gasteiger partial charge is 0.504 e. The van der Waals surface area contributed by atoms with E-state index in [0.29, 0.717) is 6.42 Å². The molecule has 122 valence electrons. The highest BCUT2D eigenvalue weighted by atomic mass is 35.5. The molecule has 0 bridgehead atoms. The number of amides is 2. The van der Waals surface area contributed by atoms with E-state index in [0.717, 1.165) is 0 Å². The molecule has 0 heterocycles. The molecule has 0 fully saturated rings. The minimum Gasteiger partial charge on any atom is -0.504 e. The Morgan fingerprint density at radius 3 is 2.64 bits per heavy atom. The van der Waals surface area contributed by atoms with Crippen LogP contribution in [0, 0.1) is 5.92 Å². The standard InChI is InChI=1S/C15H21ClN2O4/c1-4-22-14(20)12(8-9(2)3)18-15(21)17-11-7-5-6-10(16)13(11)19/h5-7,9,12,19H,4,8H2,1-3H3,(H2,17,18,21). The average Bonchev–Trinajstić information content (AvgIpc) is 2.43. The van der Waals surface area contributed by atoms with Gasteiger partial charge >= 0.3 is 12.0 Å². The number of phenols is 1. The summed E-state index contributed by atoms with van der Waals surface area (Å²) >= 11 is 5.77. The normalized spacial score (nSPS) is 11.9. The minimum atomic E-state index is -0.749. The minimum absolute atomic E-state index is 0.127. The number of hydrogen-bond donors (Lipinski definition) is 3. The molecular weight excluding hydrogens is 308 g/mol. The Morgan fingerprint density at radius 2 is 2.05 bits per heavy atom. The number of aromatic hydroxyl groups is 1. The fraction of sp³-hybridized carbons (Fsp3) is 0.467. The quantitative estimate of drug-likeness (QED) is 0.553. The van der Waals surface area contributed by atoms with E-state index in [1.807, 2.05) is 13.8 Å². The van der Waals surface area contributed by atoms with Gasteiger partial charge in [0.1, 0.15) is 6.04 Å². The highest BCUT2D eigenvalue weighted by Gasteiger charge is 2.23. The number of hydrogen-bond acceptors (Lipinski definition) is 4. The van der Waals surface area contributed by atoms with Gasteiger partial charge in [0.25, 0.3) is 0 Å². The molecule has 0 aromatic heterocycles. The van der Waals surface area contributed by atoms with E-state index in [4.69, 9.17) is 16.3 Å². The maximum absolute atomic E-state index is 12.0. The second-order valence-electron chi connectivity index (χ2n) is 5.17. The van der Waals surface area contributed by atoms with Crippen molar-refractivity contribution in [2.75, 3.05) is 11.9 Å². The van der Waals surface area contributed by atoms with Crippen molar-refractivity contribution < 1.29 is 19.4 Å². The molecule has 0 saturated carbocycles. The van der Waals surface area contributed by atoms with Crippen LogP contribution in [0.25, 0.3) is 0 Å². The van der Waals surface area contributed by atoms with E-state index in [1.165, 1.54) is 12.1 Å². The molecule has 7 heteroatoms. The molecule has 0 saturated heterocycles. The topological polar surface area (TPSA) is 87.7 Å². The molecule has 1 aromatic carbocycles. The Labute approximate surface area is 134 Å². The van der Waals surface area contributed by atoms with E-state index in [2.05, 4.69) is 10.6 Å². The number of carbonyl (C=O) groups is 2. The summed E-state index contributed by atoms with van der Waals surface area (Å²) in [5.41, 5.74) is 0.164. The van der Waals surface area contributed by atoms with E-state index in [1.54, 1.807) is 13.0 Å². The lowest BCUT2D eigenvalue weighted by atomic mass is 10.0. The molecular formula is C15H21ClN2O4. The number of anilines is 1. The van der Waals surface area contributed by atoms with E-state index in [-0.39, 0.29) is 29.0 Å². The number of rotatable bonds is 6. The van der Waals surface area contributed by atoms with Gasteiger partial charge in [-0.3, -0.25) is 0 Å². The number of para-hydroxylation sites is 1. The van der Waals surface area contributed by atoms with Crippen LogP contribution in [0.1, 0.15) is 27.2 Å². The third kappa shape index (κ3) is 5.44. The lowest BCUT2D eigenvalue weighted by Gasteiger charge is -2.19. The first kappa shape index (κ1) is 18.1. The van der Waals surface area contributed by atoms with Crippen LogP contribution in [-0.4, -0.2) is 29.8 Å². The van der Waals surface area contributed by atoms with Gasteiger partial charge in [-0.1, -0.05) is 31.5 Å². The van der Waals surface area contributed by atoms with Gasteiger partial charge in [0.15, 0.2) is 5.75 Å². The lowest BCUT2D eigenvalue weighted by molar-refractivity contribution is -0.145. The summed E-state index contributed by atoms with van der Waals surface area (Å²) in [5.74, 6) is -0.508. The zero-order valence-electron chi connectivity index (χ0n) is 12.9. The average molecular weight is 329 g/mol. The van der Waals surface area contributed by atoms with Crippen LogP contribution in [0.15, 0.2) is 18.2 Å². The van der Waals surface area contributed by atoms with Gasteiger partial charge in [-0.25, -0.2) is 9.59 Å². The molecule has 22 heavy (non-hydrogen) atoms. The molecule has 1 aromatic rings. The molecule has 0 aliphatic rings. The van der Waals surface area contributed by atoms with Gasteiger partial charge in [0.2, 0.25) is 0 Å². The number of nitrogens with one attached hydrogen (secondary N) is 2. The second kappa shape index (κ2) is 8.48. The van der Waals surface area contributed by atoms with Crippen molar-refractivity contribution in [2.24, 2.45) is 5.92 Å². The third-order valence-electron chi connectivity index (χ3n) is 2.82. The van der Waals surface area contributed by atoms with Gasteiger partial charge in [-0.05, 0) is 31.4 Å². The van der Waals surface area contributed by atoms with Crippen molar-refractivity contribution in [3.8, 4) is 5.75 Å². The van der Waals surface area contributed by atoms with Gasteiger partial charge < -0.3 is 20.5 Å². The van der Waals surface area contributed by atoms with E-state index >= 15 is 0 Å². The monoisotopic (exact) mass is 328 g/mol. The van der Waals surface area contributed by atoms with Crippen LogP contribution in [0.5, 0.6) is 5.75 Å². The first-order chi connectivity index (χ1) is 10.3. The molecule has 0 spiro atoms. The van der Waals surface area contributed by atoms with Crippen molar-refractivity contribution in [3.63, 3.8) is 0 Å². The van der Waals surface area contributed by atoms with Crippen LogP contribution in [0.3, 0.4) is 0 Å². The maximum Gasteiger partial charge on any atom is 0.328 e. The predicted octanol–water partition coefficient (Wildman–Crippen LogP) is 3.14. The summed E-state index contributed by atoms with van der Waals surface area (Å²) < 4.78 is 4.95. The SMILES string of the molecule is CCOC(=O)C(CC(C)C)NC(=O)Nc1cccc(Cl)c1O. The van der Waals surface area contributed by atoms with E-state index in [9.17, 15) is 14.7 Å². The zero-order chi connectivity index (χ0) is 16.7. The van der Waals surface area contributed by atoms with Crippen LogP contribution >= 0.6 is 11.6 Å². The second-order valence-corrected chi connectivity index (χ2v) is 5.58. The van der Waals surface area contributed by atoms with E-state index < -0.39 is 18.0 Å². The molecule has 3 N–H and O–H groups in total. The summed E-state index contributed by atoms with van der Waals surface area (Å²) in [6.07, 6.45) is 0.452. The smallest absolute Gasteiger partial charge is 0.328 e. The Kier molecular flexibility index (Phi) is 6.98. The van der Waals surface area contributed by atoms with Crippen molar-refractivity contribution in [3.05, 3.63) is 23.2 Å². The molecule has 0 radical (unpaired) electrons. The Bertz CT molecular complexity index is 534. The zero-order valence-corrected chi connectivity index (χ0v) is 13.6. The Hall–Kier alpha value is -1.95. The number of phenolic OH excluding ortho intramolecular Hbond substituents is 1. The molecule has 1 unspecified atom stereocenters. The van der Waals surface area contributed by atoms with Crippen molar-refractivity contribution in [1.29, 1.82) is 0 Å². The summed E-state index contributed by atoms with van der Waals surface area (Å²) in [6.45, 7) is 5.82. The van der Waals surface area contributed by atoms with Crippen LogP contribution < -0.4 is 10.6 Å². The first-order valence-corrected chi connectivity index (χ1v) is 7.44. The number of carbonyl (C=O) groups excluding carboxylic acids is 2. The fourth-order valence-corrected chi connectivity index (χ4v) is 2.04. The predicted molar refractivity (Wildman–Crippen MR) is 85.1 cm³/mol. The summed E-state index contributed by atoms with van der Waals surface area (Å²) in [4.78, 5) is 23.8. The highest BCUT2D eigenvalue weighted by Crippen LogP contribution is 2.30. The van der Waals surface area contributed by atoms with Crippen molar-refractivity contribution in [1.82, 2.24) is 5.32 Å². The first-order valence-electron chi connectivity index (χ1n) is 7.06. The summed E-state index contributed by atoms with van der Waals surface area (Å²) in [7, 11) is 0. The number of ether oxygens (including phenoxy) is 1. The summed E-state index contributed by atoms with van der Waals surface area (Å²) in [6, 6.07) is 3.23. The molecule has 0 aliphatic carbocycles. The number of benzene rings is 1. The van der Waals surface area contributed by atoms with Crippen LogP contribution in [0.4, 0.5) is 10.5 Å². The van der Waals surface area contributed by atoms with Gasteiger partial charge in [-0.2, -0.15) is 0 Å². The molecule has 2 amide bonds. The van der Waals surface area contributed by atoms with Gasteiger partial charge in [0, 0.05) is 0 Å². The van der Waals surface area contributed by atoms with Crippen molar-refractivity contribution in [2.45, 2.75) is 33.2 Å². The maximum atomic E-state index is 12.0. The van der Waals surface area contributed by atoms with Crippen LogP contribution in [0.2, 0.25) is 5.02 Å². The Balaban J connectivity index is 2.74. The summed E-state index contributed by atoms with van der Waals surface area (Å²) in [5, 5.41) is 14.9. The number of halogens is 1. The van der Waals surface area contributed by atoms with Crippen LogP contribution in [-0.2, 0) is 9.53 Å². The number of urea groups is 1. The van der Waals surface area contributed by atoms with Gasteiger partial charge in [0.05, 0.1) is 17.3 Å². The molecule has 1 atom stereocenters. The molecule has 0 aliphatic heterocycles. The highest BCUT2D eigenvalue weighted by molar-refractivity contribution is 6.32. The fourth-order valence-electron chi connectivity index (χ4n) is 1.86. The number of esters is 1. The molecule has 6 nitrogen and oxygen atoms in total. The lowest BCUT2D eigenvalue weighted by Crippen LogP contribution is -2.44. The van der Waals surface area contributed by atoms with Crippen molar-refractivity contribution >= 4 is 29.3 Å². The third-order valence-corrected chi connectivity index (χ3v) is 3.12. The van der Waals surface area contributed by atoms with Gasteiger partial charge in [-0.15, -0.1) is 0 Å². The Morgan fingerprint density at radius 1 is 1.36 bits per heavy atom.